The van der Waals surface area contributed by atoms with Crippen molar-refractivity contribution in [1.82, 2.24) is 24.8 Å². The zero-order valence-corrected chi connectivity index (χ0v) is 21.2. The quantitative estimate of drug-likeness (QED) is 0.280. The predicted molar refractivity (Wildman–Crippen MR) is 141 cm³/mol. The van der Waals surface area contributed by atoms with E-state index in [-0.39, 0.29) is 23.5 Å². The van der Waals surface area contributed by atoms with E-state index < -0.39 is 11.8 Å². The number of hydrogen-bond donors (Lipinski definition) is 4. The maximum Gasteiger partial charge on any atom is 0.257 e. The number of H-pyrrole nitrogens is 1. The van der Waals surface area contributed by atoms with Crippen molar-refractivity contribution in [1.29, 1.82) is 0 Å². The van der Waals surface area contributed by atoms with Gasteiger partial charge in [0.05, 0.1) is 15.6 Å². The number of imidazole rings is 1. The van der Waals surface area contributed by atoms with E-state index in [4.69, 9.17) is 5.73 Å². The van der Waals surface area contributed by atoms with Crippen molar-refractivity contribution in [3.8, 4) is 0 Å². The van der Waals surface area contributed by atoms with Crippen LogP contribution in [0.1, 0.15) is 43.9 Å². The van der Waals surface area contributed by atoms with Gasteiger partial charge in [0.2, 0.25) is 11.9 Å². The molecule has 37 heavy (non-hydrogen) atoms. The molecule has 2 aromatic heterocycles. The Bertz CT molecular complexity index is 1480. The Morgan fingerprint density at radius 2 is 1.73 bits per heavy atom. The smallest absolute Gasteiger partial charge is 0.257 e. The van der Waals surface area contributed by atoms with E-state index >= 15 is 0 Å². The van der Waals surface area contributed by atoms with Crippen molar-refractivity contribution in [3.05, 3.63) is 76.0 Å². The minimum atomic E-state index is -0.609. The third kappa shape index (κ3) is 5.43. The van der Waals surface area contributed by atoms with E-state index in [2.05, 4.69) is 46.5 Å². The van der Waals surface area contributed by atoms with Crippen molar-refractivity contribution >= 4 is 56.6 Å². The van der Waals surface area contributed by atoms with Gasteiger partial charge in [0.25, 0.3) is 17.7 Å². The highest BCUT2D eigenvalue weighted by Gasteiger charge is 2.25. The Morgan fingerprint density at radius 3 is 2.46 bits per heavy atom. The number of aromatic nitrogens is 4. The SMILES string of the molecule is NC(=O)c1cccc2[nH]c(NC(=O)c3cccc(C(=O)N4CCC(Nc5ncc(Br)cn5)CC4)c3)nc12. The molecule has 0 saturated carbocycles. The van der Waals surface area contributed by atoms with Crippen molar-refractivity contribution in [3.63, 3.8) is 0 Å². The van der Waals surface area contributed by atoms with E-state index in [9.17, 15) is 14.4 Å². The summed E-state index contributed by atoms with van der Waals surface area (Å²) in [7, 11) is 0. The van der Waals surface area contributed by atoms with Crippen LogP contribution < -0.4 is 16.4 Å². The van der Waals surface area contributed by atoms with Crippen LogP contribution in [0.15, 0.2) is 59.3 Å². The molecule has 1 saturated heterocycles. The minimum Gasteiger partial charge on any atom is -0.366 e. The topological polar surface area (TPSA) is 159 Å². The number of fused-ring (bicyclic) bond motifs is 1. The number of nitrogens with one attached hydrogen (secondary N) is 3. The average molecular weight is 563 g/mol. The maximum atomic E-state index is 13.1. The number of para-hydroxylation sites is 1. The summed E-state index contributed by atoms with van der Waals surface area (Å²) in [5.74, 6) is -0.450. The van der Waals surface area contributed by atoms with Crippen LogP contribution in [-0.2, 0) is 0 Å². The molecular formula is C25H23BrN8O3. The molecule has 5 rings (SSSR count). The molecule has 3 amide bonds. The molecule has 0 bridgehead atoms. The van der Waals surface area contributed by atoms with E-state index in [0.717, 1.165) is 17.3 Å². The number of benzene rings is 2. The first-order valence-electron chi connectivity index (χ1n) is 11.6. The highest BCUT2D eigenvalue weighted by Crippen LogP contribution is 2.20. The van der Waals surface area contributed by atoms with Crippen molar-refractivity contribution in [2.75, 3.05) is 23.7 Å². The van der Waals surface area contributed by atoms with Gasteiger partial charge >= 0.3 is 0 Å². The Labute approximate surface area is 220 Å². The van der Waals surface area contributed by atoms with Crippen LogP contribution in [0.3, 0.4) is 0 Å². The molecule has 11 nitrogen and oxygen atoms in total. The zero-order valence-electron chi connectivity index (χ0n) is 19.6. The second kappa shape index (κ2) is 10.3. The molecule has 2 aromatic carbocycles. The lowest BCUT2D eigenvalue weighted by molar-refractivity contribution is 0.0718. The summed E-state index contributed by atoms with van der Waals surface area (Å²) in [5.41, 5.74) is 7.34. The van der Waals surface area contributed by atoms with Gasteiger partial charge in [-0.25, -0.2) is 15.0 Å². The van der Waals surface area contributed by atoms with E-state index in [1.165, 1.54) is 0 Å². The van der Waals surface area contributed by atoms with Crippen LogP contribution in [0.2, 0.25) is 0 Å². The molecule has 1 aliphatic heterocycles. The number of anilines is 2. The zero-order chi connectivity index (χ0) is 25.9. The molecule has 5 N–H and O–H groups in total. The first-order chi connectivity index (χ1) is 17.9. The Hall–Kier alpha value is -4.32. The fraction of sp³-hybridized carbons (Fsp3) is 0.200. The summed E-state index contributed by atoms with van der Waals surface area (Å²) in [6, 6.07) is 11.7. The highest BCUT2D eigenvalue weighted by atomic mass is 79.9. The number of carbonyl (C=O) groups excluding carboxylic acids is 3. The molecule has 1 fully saturated rings. The summed E-state index contributed by atoms with van der Waals surface area (Å²) in [6.45, 7) is 1.15. The van der Waals surface area contributed by atoms with E-state index in [1.807, 2.05) is 0 Å². The summed E-state index contributed by atoms with van der Waals surface area (Å²) in [6.07, 6.45) is 4.88. The first-order valence-corrected chi connectivity index (χ1v) is 12.4. The standard InChI is InChI=1S/C25H23BrN8O3/c26-16-12-28-24(29-13-16)30-17-7-9-34(10-8-17)23(37)15-4-1-3-14(11-15)22(36)33-25-31-19-6-2-5-18(21(27)35)20(19)32-25/h1-6,11-13,17H,7-10H2,(H2,27,35)(H,28,29,30)(H2,31,32,33,36). The Balaban J connectivity index is 1.22. The summed E-state index contributed by atoms with van der Waals surface area (Å²) >= 11 is 3.32. The van der Waals surface area contributed by atoms with Crippen LogP contribution in [0.25, 0.3) is 11.0 Å². The Kier molecular flexibility index (Phi) is 6.82. The number of carbonyl (C=O) groups is 3. The molecule has 12 heteroatoms. The number of nitrogens with two attached hydrogens (primary N) is 1. The number of nitrogens with zero attached hydrogens (tertiary/aromatic N) is 4. The number of amides is 3. The molecule has 4 aromatic rings. The van der Waals surface area contributed by atoms with Gasteiger partial charge in [0, 0.05) is 42.7 Å². The fourth-order valence-corrected chi connectivity index (χ4v) is 4.45. The lowest BCUT2D eigenvalue weighted by Crippen LogP contribution is -2.42. The first kappa shape index (κ1) is 24.4. The van der Waals surface area contributed by atoms with Crippen LogP contribution in [0, 0.1) is 0 Å². The van der Waals surface area contributed by atoms with Gasteiger partial charge in [-0.2, -0.15) is 0 Å². The van der Waals surface area contributed by atoms with Crippen LogP contribution in [0.4, 0.5) is 11.9 Å². The summed E-state index contributed by atoms with van der Waals surface area (Å²) in [5, 5.41) is 5.99. The van der Waals surface area contributed by atoms with Gasteiger partial charge in [-0.1, -0.05) is 12.1 Å². The second-order valence-electron chi connectivity index (χ2n) is 8.62. The van der Waals surface area contributed by atoms with Gasteiger partial charge < -0.3 is 20.9 Å². The molecule has 188 valence electrons. The fourth-order valence-electron chi connectivity index (χ4n) is 4.24. The number of likely N-dealkylation sites (tertiary alicyclic amines) is 1. The number of hydrogen-bond acceptors (Lipinski definition) is 7. The predicted octanol–water partition coefficient (Wildman–Crippen LogP) is 3.18. The summed E-state index contributed by atoms with van der Waals surface area (Å²) < 4.78 is 0.809. The third-order valence-corrected chi connectivity index (χ3v) is 6.53. The van der Waals surface area contributed by atoms with E-state index in [0.29, 0.717) is 41.2 Å². The summed E-state index contributed by atoms with van der Waals surface area (Å²) in [4.78, 5) is 55.2. The van der Waals surface area contributed by atoms with E-state index in [1.54, 1.807) is 59.8 Å². The van der Waals surface area contributed by atoms with Crippen molar-refractivity contribution < 1.29 is 14.4 Å². The average Bonchev–Trinajstić information content (AvgIpc) is 3.32. The van der Waals surface area contributed by atoms with Gasteiger partial charge in [-0.15, -0.1) is 0 Å². The van der Waals surface area contributed by atoms with Gasteiger partial charge in [-0.05, 0) is 59.1 Å². The minimum absolute atomic E-state index is 0.136. The van der Waals surface area contributed by atoms with Gasteiger partial charge in [0.1, 0.15) is 5.52 Å². The van der Waals surface area contributed by atoms with Gasteiger partial charge in [0.15, 0.2) is 0 Å². The third-order valence-electron chi connectivity index (χ3n) is 6.12. The highest BCUT2D eigenvalue weighted by molar-refractivity contribution is 9.10. The monoisotopic (exact) mass is 562 g/mol. The molecule has 0 atom stereocenters. The van der Waals surface area contributed by atoms with Crippen LogP contribution in [-0.4, -0.2) is 61.7 Å². The second-order valence-corrected chi connectivity index (χ2v) is 9.54. The number of primary amides is 1. The number of aromatic amines is 1. The number of piperidine rings is 1. The normalized spacial score (nSPS) is 13.9. The molecule has 0 unspecified atom stereocenters. The maximum absolute atomic E-state index is 13.1. The van der Waals surface area contributed by atoms with Crippen molar-refractivity contribution in [2.24, 2.45) is 5.73 Å². The largest absolute Gasteiger partial charge is 0.366 e. The van der Waals surface area contributed by atoms with Crippen LogP contribution >= 0.6 is 15.9 Å². The molecule has 0 aliphatic carbocycles. The van der Waals surface area contributed by atoms with Gasteiger partial charge in [-0.3, -0.25) is 19.7 Å². The lowest BCUT2D eigenvalue weighted by atomic mass is 10.0. The molecule has 0 spiro atoms. The van der Waals surface area contributed by atoms with Crippen molar-refractivity contribution in [2.45, 2.75) is 18.9 Å². The molecule has 0 radical (unpaired) electrons. The number of rotatable bonds is 6. The molecule has 1 aliphatic rings. The Morgan fingerprint density at radius 1 is 1.03 bits per heavy atom. The molecule has 3 heterocycles. The number of halogens is 1. The van der Waals surface area contributed by atoms with Crippen LogP contribution in [0.5, 0.6) is 0 Å². The lowest BCUT2D eigenvalue weighted by Gasteiger charge is -2.32. The molecular weight excluding hydrogens is 540 g/mol.